The number of benzene rings is 2. The monoisotopic (exact) mass is 456 g/mol. The number of methoxy groups -OCH3 is 1. The molecular formula is C20H14Cl3FNO4. The summed E-state index contributed by atoms with van der Waals surface area (Å²) in [6, 6.07) is 8.36. The van der Waals surface area contributed by atoms with Crippen molar-refractivity contribution in [3.63, 3.8) is 0 Å². The molecule has 0 saturated heterocycles. The van der Waals surface area contributed by atoms with Crippen molar-refractivity contribution >= 4 is 46.7 Å². The van der Waals surface area contributed by atoms with E-state index in [1.165, 1.54) is 19.2 Å². The molecule has 0 aliphatic carbocycles. The highest BCUT2D eigenvalue weighted by atomic mass is 35.5. The second-order valence-corrected chi connectivity index (χ2v) is 7.29. The normalized spacial score (nSPS) is 11.6. The third-order valence-corrected chi connectivity index (χ3v) is 5.24. The number of alkyl halides is 1. The van der Waals surface area contributed by atoms with Crippen molar-refractivity contribution < 1.29 is 23.8 Å². The standard InChI is InChI=1S/C20H14Cl3FNO4/c1-29-17(26)5-3-10-2-4-14(21)18(19(10)23)13-6-11(7-15(22)20(27)28)12(9-25)8-16(13)24/h2,6,8,15H,3,5,7H2,1H3,(H,27,28). The van der Waals surface area contributed by atoms with Gasteiger partial charge in [-0.1, -0.05) is 23.2 Å². The number of halogens is 4. The molecule has 0 saturated carbocycles. The second-order valence-electron chi connectivity index (χ2n) is 6.00. The molecular weight excluding hydrogens is 444 g/mol. The van der Waals surface area contributed by atoms with E-state index in [0.717, 1.165) is 6.07 Å². The number of aryl methyl sites for hydroxylation is 1. The van der Waals surface area contributed by atoms with Gasteiger partial charge in [0.15, 0.2) is 0 Å². The highest BCUT2D eigenvalue weighted by Gasteiger charge is 2.22. The minimum Gasteiger partial charge on any atom is -0.480 e. The topological polar surface area (TPSA) is 87.4 Å². The fraction of sp³-hybridized carbons (Fsp3) is 0.250. The molecule has 0 fully saturated rings. The molecule has 0 spiro atoms. The van der Waals surface area contributed by atoms with Crippen molar-refractivity contribution in [2.75, 3.05) is 7.11 Å². The summed E-state index contributed by atoms with van der Waals surface area (Å²) in [7, 11) is 1.26. The number of esters is 1. The Hall–Kier alpha value is -2.33. The molecule has 2 aromatic carbocycles. The van der Waals surface area contributed by atoms with E-state index in [0.29, 0.717) is 5.56 Å². The number of hydrogen-bond donors (Lipinski definition) is 1. The first-order chi connectivity index (χ1) is 13.7. The number of carboxylic acids is 1. The number of nitrogens with zero attached hydrogens (tertiary/aromatic N) is 1. The van der Waals surface area contributed by atoms with Gasteiger partial charge in [0.1, 0.15) is 11.2 Å². The van der Waals surface area contributed by atoms with Crippen LogP contribution in [0.5, 0.6) is 0 Å². The lowest BCUT2D eigenvalue weighted by molar-refractivity contribution is -0.140. The van der Waals surface area contributed by atoms with Crippen LogP contribution in [-0.4, -0.2) is 29.5 Å². The van der Waals surface area contributed by atoms with E-state index in [1.54, 1.807) is 0 Å². The molecule has 5 nitrogen and oxygen atoms in total. The van der Waals surface area contributed by atoms with E-state index < -0.39 is 23.1 Å². The first-order valence-electron chi connectivity index (χ1n) is 8.24. The van der Waals surface area contributed by atoms with Gasteiger partial charge in [-0.25, -0.2) is 4.39 Å². The minimum absolute atomic E-state index is 0.0283. The number of rotatable bonds is 7. The van der Waals surface area contributed by atoms with Crippen LogP contribution in [0.15, 0.2) is 18.2 Å². The van der Waals surface area contributed by atoms with Crippen molar-refractivity contribution in [1.82, 2.24) is 0 Å². The van der Waals surface area contributed by atoms with Crippen molar-refractivity contribution in [2.24, 2.45) is 0 Å². The molecule has 1 radical (unpaired) electrons. The van der Waals surface area contributed by atoms with Gasteiger partial charge in [-0.05, 0) is 35.7 Å². The van der Waals surface area contributed by atoms with Gasteiger partial charge < -0.3 is 9.84 Å². The highest BCUT2D eigenvalue weighted by molar-refractivity contribution is 6.39. The first-order valence-corrected chi connectivity index (χ1v) is 9.43. The smallest absolute Gasteiger partial charge is 0.321 e. The van der Waals surface area contributed by atoms with Gasteiger partial charge in [0.05, 0.1) is 28.8 Å². The van der Waals surface area contributed by atoms with Crippen LogP contribution in [0.4, 0.5) is 4.39 Å². The van der Waals surface area contributed by atoms with Crippen molar-refractivity contribution in [3.8, 4) is 17.2 Å². The molecule has 0 heterocycles. The molecule has 1 atom stereocenters. The number of carboxylic acid groups (broad SMARTS) is 1. The SMILES string of the molecule is COC(=O)CCc1c[c]c(Cl)c(-c2cc(CC(Cl)C(=O)O)c(C#N)cc2F)c1Cl. The summed E-state index contributed by atoms with van der Waals surface area (Å²) < 4.78 is 19.4. The number of hydrogen-bond acceptors (Lipinski definition) is 4. The van der Waals surface area contributed by atoms with Gasteiger partial charge in [-0.3, -0.25) is 9.59 Å². The summed E-state index contributed by atoms with van der Waals surface area (Å²) in [6.07, 6.45) is 0.0759. The Morgan fingerprint density at radius 2 is 2.03 bits per heavy atom. The zero-order valence-corrected chi connectivity index (χ0v) is 17.3. The van der Waals surface area contributed by atoms with Crippen LogP contribution in [0.25, 0.3) is 11.1 Å². The lowest BCUT2D eigenvalue weighted by Crippen LogP contribution is -2.17. The molecule has 2 rings (SSSR count). The van der Waals surface area contributed by atoms with Crippen molar-refractivity contribution in [2.45, 2.75) is 24.6 Å². The van der Waals surface area contributed by atoms with Crippen LogP contribution in [0.2, 0.25) is 10.0 Å². The number of nitriles is 1. The summed E-state index contributed by atoms with van der Waals surface area (Å²) in [5.41, 5.74) is 0.789. The Bertz CT molecular complexity index is 1000. The van der Waals surface area contributed by atoms with E-state index in [1.807, 2.05) is 6.07 Å². The number of carbonyl (C=O) groups excluding carboxylic acids is 1. The quantitative estimate of drug-likeness (QED) is 0.476. The fourth-order valence-corrected chi connectivity index (χ4v) is 3.47. The van der Waals surface area contributed by atoms with E-state index >= 15 is 0 Å². The van der Waals surface area contributed by atoms with Crippen LogP contribution in [0.3, 0.4) is 0 Å². The molecule has 0 aliphatic heterocycles. The molecule has 151 valence electrons. The van der Waals surface area contributed by atoms with Gasteiger partial charge in [-0.2, -0.15) is 5.26 Å². The van der Waals surface area contributed by atoms with E-state index in [2.05, 4.69) is 10.8 Å². The fourth-order valence-electron chi connectivity index (χ4n) is 2.66. The highest BCUT2D eigenvalue weighted by Crippen LogP contribution is 2.39. The van der Waals surface area contributed by atoms with Gasteiger partial charge in [-0.15, -0.1) is 11.6 Å². The zero-order valence-electron chi connectivity index (χ0n) is 15.1. The van der Waals surface area contributed by atoms with Crippen LogP contribution in [-0.2, 0) is 27.2 Å². The zero-order chi connectivity index (χ0) is 21.7. The minimum atomic E-state index is -1.30. The second kappa shape index (κ2) is 9.93. The Morgan fingerprint density at radius 1 is 1.34 bits per heavy atom. The first kappa shape index (κ1) is 23.0. The van der Waals surface area contributed by atoms with Crippen LogP contribution in [0.1, 0.15) is 23.1 Å². The van der Waals surface area contributed by atoms with Crippen LogP contribution < -0.4 is 0 Å². The predicted molar refractivity (Wildman–Crippen MR) is 107 cm³/mol. The molecule has 0 aromatic heterocycles. The summed E-state index contributed by atoms with van der Waals surface area (Å²) in [4.78, 5) is 22.4. The predicted octanol–water partition coefficient (Wildman–Crippen LogP) is 4.81. The Labute approximate surface area is 181 Å². The molecule has 1 N–H and O–H groups in total. The number of ether oxygens (including phenoxy) is 1. The lowest BCUT2D eigenvalue weighted by atomic mass is 9.94. The maximum absolute atomic E-state index is 14.8. The van der Waals surface area contributed by atoms with E-state index in [-0.39, 0.29) is 51.6 Å². The van der Waals surface area contributed by atoms with Crippen molar-refractivity contribution in [1.29, 1.82) is 5.26 Å². The largest absolute Gasteiger partial charge is 0.480 e. The van der Waals surface area contributed by atoms with E-state index in [4.69, 9.17) is 39.9 Å². The maximum Gasteiger partial charge on any atom is 0.321 e. The maximum atomic E-state index is 14.8. The van der Waals surface area contributed by atoms with Gasteiger partial charge in [0.25, 0.3) is 0 Å². The third-order valence-electron chi connectivity index (χ3n) is 4.17. The number of carbonyl (C=O) groups is 2. The number of aliphatic carboxylic acids is 1. The molecule has 0 bridgehead atoms. The Balaban J connectivity index is 2.57. The Morgan fingerprint density at radius 3 is 2.62 bits per heavy atom. The van der Waals surface area contributed by atoms with Crippen molar-refractivity contribution in [3.05, 3.63) is 56.8 Å². The third kappa shape index (κ3) is 5.39. The Kier molecular flexibility index (Phi) is 7.86. The van der Waals surface area contributed by atoms with Crippen LogP contribution >= 0.6 is 34.8 Å². The molecule has 0 amide bonds. The molecule has 29 heavy (non-hydrogen) atoms. The average Bonchev–Trinajstić information content (AvgIpc) is 2.68. The summed E-state index contributed by atoms with van der Waals surface area (Å²) in [5, 5.41) is 17.1. The van der Waals surface area contributed by atoms with Gasteiger partial charge in [0, 0.05) is 30.0 Å². The lowest BCUT2D eigenvalue weighted by Gasteiger charge is -2.15. The van der Waals surface area contributed by atoms with E-state index in [9.17, 15) is 19.2 Å². The molecule has 1 unspecified atom stereocenters. The summed E-state index contributed by atoms with van der Waals surface area (Å²) >= 11 is 18.4. The summed E-state index contributed by atoms with van der Waals surface area (Å²) in [6.45, 7) is 0. The van der Waals surface area contributed by atoms with Gasteiger partial charge in [0.2, 0.25) is 0 Å². The van der Waals surface area contributed by atoms with Gasteiger partial charge >= 0.3 is 11.9 Å². The summed E-state index contributed by atoms with van der Waals surface area (Å²) in [5.74, 6) is -2.48. The molecule has 2 aromatic rings. The van der Waals surface area contributed by atoms with Crippen LogP contribution in [0, 0.1) is 23.2 Å². The molecule has 9 heteroatoms. The average molecular weight is 458 g/mol. The molecule has 0 aliphatic rings.